The van der Waals surface area contributed by atoms with E-state index in [4.69, 9.17) is 9.88 Å². The van der Waals surface area contributed by atoms with Crippen molar-refractivity contribution in [2.24, 2.45) is 5.14 Å². The van der Waals surface area contributed by atoms with E-state index in [0.29, 0.717) is 5.69 Å². The molecule has 0 aromatic heterocycles. The summed E-state index contributed by atoms with van der Waals surface area (Å²) < 4.78 is 55.1. The van der Waals surface area contributed by atoms with Gasteiger partial charge >= 0.3 is 0 Å². The number of benzene rings is 2. The Balaban J connectivity index is 2.33. The lowest BCUT2D eigenvalue weighted by Crippen LogP contribution is -2.24. The van der Waals surface area contributed by atoms with Gasteiger partial charge in [-0.2, -0.15) is 0 Å². The Hall–Kier alpha value is -2.47. The maximum absolute atomic E-state index is 12.5. The molecule has 152 valence electrons. The Labute approximate surface area is 164 Å². The fourth-order valence-corrected chi connectivity index (χ4v) is 4.06. The molecule has 0 aliphatic heterocycles. The Morgan fingerprint density at radius 3 is 2.21 bits per heavy atom. The van der Waals surface area contributed by atoms with Gasteiger partial charge in [-0.3, -0.25) is 4.79 Å². The molecule has 0 saturated carbocycles. The molecule has 0 heterocycles. The lowest BCUT2D eigenvalue weighted by Gasteiger charge is -2.13. The Kier molecular flexibility index (Phi) is 6.77. The third kappa shape index (κ3) is 5.29. The van der Waals surface area contributed by atoms with Crippen LogP contribution in [-0.2, 0) is 20.0 Å². The molecule has 2 rings (SSSR count). The number of rotatable bonds is 8. The molecule has 0 aliphatic carbocycles. The van der Waals surface area contributed by atoms with Crippen molar-refractivity contribution in [2.75, 3.05) is 18.5 Å². The Morgan fingerprint density at radius 1 is 1.04 bits per heavy atom. The van der Waals surface area contributed by atoms with Crippen molar-refractivity contribution in [1.82, 2.24) is 4.72 Å². The first-order valence-electron chi connectivity index (χ1n) is 8.29. The van der Waals surface area contributed by atoms with Crippen LogP contribution in [0.3, 0.4) is 0 Å². The third-order valence-corrected chi connectivity index (χ3v) is 6.07. The van der Waals surface area contributed by atoms with Gasteiger partial charge in [-0.25, -0.2) is 26.7 Å². The van der Waals surface area contributed by atoms with Crippen LogP contribution >= 0.6 is 0 Å². The van der Waals surface area contributed by atoms with Crippen LogP contribution in [0, 0.1) is 0 Å². The second-order valence-electron chi connectivity index (χ2n) is 5.62. The highest BCUT2D eigenvalue weighted by Gasteiger charge is 2.21. The average Bonchev–Trinajstić information content (AvgIpc) is 2.61. The van der Waals surface area contributed by atoms with Crippen LogP contribution in [0.2, 0.25) is 0 Å². The smallest absolute Gasteiger partial charge is 0.255 e. The minimum atomic E-state index is -3.85. The van der Waals surface area contributed by atoms with Gasteiger partial charge < -0.3 is 10.1 Å². The summed E-state index contributed by atoms with van der Waals surface area (Å²) in [6.45, 7) is 3.80. The molecule has 0 fully saturated rings. The molecule has 2 aromatic rings. The molecule has 0 unspecified atom stereocenters. The van der Waals surface area contributed by atoms with Crippen LogP contribution in [0.5, 0.6) is 5.75 Å². The summed E-state index contributed by atoms with van der Waals surface area (Å²) in [4.78, 5) is 12.3. The van der Waals surface area contributed by atoms with Gasteiger partial charge in [0.25, 0.3) is 5.91 Å². The number of ether oxygens (including phenoxy) is 1. The van der Waals surface area contributed by atoms with Gasteiger partial charge in [-0.1, -0.05) is 6.92 Å². The van der Waals surface area contributed by atoms with Crippen LogP contribution in [0.25, 0.3) is 0 Å². The largest absolute Gasteiger partial charge is 0.492 e. The van der Waals surface area contributed by atoms with Crippen LogP contribution in [0.4, 0.5) is 5.69 Å². The number of amides is 1. The molecular formula is C17H21N3O6S2. The molecule has 0 bridgehead atoms. The number of hydrogen-bond donors (Lipinski definition) is 3. The zero-order valence-corrected chi connectivity index (χ0v) is 16.9. The summed E-state index contributed by atoms with van der Waals surface area (Å²) in [5.74, 6) is -0.433. The van der Waals surface area contributed by atoms with Crippen LogP contribution in [0.1, 0.15) is 24.2 Å². The average molecular weight is 428 g/mol. The van der Waals surface area contributed by atoms with Gasteiger partial charge in [0.1, 0.15) is 10.6 Å². The second kappa shape index (κ2) is 8.69. The lowest BCUT2D eigenvalue weighted by molar-refractivity contribution is 0.102. The number of anilines is 1. The standard InChI is InChI=1S/C17H21N3O6S2/c1-3-19-28(24,25)16-11-12(5-10-15(16)26-4-2)17(21)20-13-6-8-14(9-7-13)27(18,22)23/h5-11,19H,3-4H2,1-2H3,(H,20,21)(H2,18,22,23). The van der Waals surface area contributed by atoms with Gasteiger partial charge in [-0.05, 0) is 49.4 Å². The number of carbonyl (C=O) groups is 1. The van der Waals surface area contributed by atoms with Gasteiger partial charge in [0, 0.05) is 17.8 Å². The zero-order valence-electron chi connectivity index (χ0n) is 15.3. The van der Waals surface area contributed by atoms with Crippen LogP contribution in [0.15, 0.2) is 52.3 Å². The lowest BCUT2D eigenvalue weighted by atomic mass is 10.2. The van der Waals surface area contributed by atoms with E-state index in [2.05, 4.69) is 10.0 Å². The molecule has 0 aliphatic rings. The van der Waals surface area contributed by atoms with Crippen molar-refractivity contribution in [3.63, 3.8) is 0 Å². The molecule has 0 atom stereocenters. The first kappa shape index (κ1) is 21.8. The van der Waals surface area contributed by atoms with E-state index >= 15 is 0 Å². The van der Waals surface area contributed by atoms with Gasteiger partial charge in [0.15, 0.2) is 0 Å². The van der Waals surface area contributed by atoms with Crippen LogP contribution in [-0.4, -0.2) is 35.9 Å². The predicted molar refractivity (Wildman–Crippen MR) is 104 cm³/mol. The number of nitrogens with one attached hydrogen (secondary N) is 2. The van der Waals surface area contributed by atoms with E-state index in [0.717, 1.165) is 0 Å². The highest BCUT2D eigenvalue weighted by Crippen LogP contribution is 2.26. The van der Waals surface area contributed by atoms with Gasteiger partial charge in [-0.15, -0.1) is 0 Å². The highest BCUT2D eigenvalue weighted by molar-refractivity contribution is 7.89. The number of hydrogen-bond acceptors (Lipinski definition) is 6. The van der Waals surface area contributed by atoms with Crippen molar-refractivity contribution in [1.29, 1.82) is 0 Å². The summed E-state index contributed by atoms with van der Waals surface area (Å²) in [5.41, 5.74) is 0.415. The van der Waals surface area contributed by atoms with Crippen molar-refractivity contribution >= 4 is 31.6 Å². The zero-order chi connectivity index (χ0) is 20.9. The maximum atomic E-state index is 12.5. The molecular weight excluding hydrogens is 406 g/mol. The molecule has 4 N–H and O–H groups in total. The molecule has 0 radical (unpaired) electrons. The topological polar surface area (TPSA) is 145 Å². The van der Waals surface area contributed by atoms with Crippen molar-refractivity contribution in [3.8, 4) is 5.75 Å². The fourth-order valence-electron chi connectivity index (χ4n) is 2.33. The molecule has 0 spiro atoms. The van der Waals surface area contributed by atoms with Crippen molar-refractivity contribution in [3.05, 3.63) is 48.0 Å². The normalized spacial score (nSPS) is 11.8. The van der Waals surface area contributed by atoms with Crippen molar-refractivity contribution < 1.29 is 26.4 Å². The van der Waals surface area contributed by atoms with E-state index < -0.39 is 26.0 Å². The van der Waals surface area contributed by atoms with Gasteiger partial charge in [0.2, 0.25) is 20.0 Å². The summed E-state index contributed by atoms with van der Waals surface area (Å²) in [5, 5.41) is 7.60. The monoisotopic (exact) mass is 427 g/mol. The number of carbonyl (C=O) groups excluding carboxylic acids is 1. The fraction of sp³-hybridized carbons (Fsp3) is 0.235. The molecule has 0 saturated heterocycles. The highest BCUT2D eigenvalue weighted by atomic mass is 32.2. The van der Waals surface area contributed by atoms with Crippen LogP contribution < -0.4 is 19.9 Å². The summed E-state index contributed by atoms with van der Waals surface area (Å²) in [6.07, 6.45) is 0. The quantitative estimate of drug-likeness (QED) is 0.579. The first-order chi connectivity index (χ1) is 13.1. The SMILES string of the molecule is CCNS(=O)(=O)c1cc(C(=O)Nc2ccc(S(N)(=O)=O)cc2)ccc1OCC. The number of primary sulfonamides is 1. The third-order valence-electron chi connectivity index (χ3n) is 3.57. The Morgan fingerprint density at radius 2 is 1.68 bits per heavy atom. The molecule has 28 heavy (non-hydrogen) atoms. The minimum Gasteiger partial charge on any atom is -0.492 e. The second-order valence-corrected chi connectivity index (χ2v) is 8.92. The molecule has 2 aromatic carbocycles. The first-order valence-corrected chi connectivity index (χ1v) is 11.3. The summed E-state index contributed by atoms with van der Waals surface area (Å²) in [7, 11) is -7.69. The Bertz CT molecular complexity index is 1060. The summed E-state index contributed by atoms with van der Waals surface area (Å²) in [6, 6.07) is 9.33. The molecule has 9 nitrogen and oxygen atoms in total. The van der Waals surface area contributed by atoms with E-state index in [1.807, 2.05) is 0 Å². The minimum absolute atomic E-state index is 0.0921. The molecule has 11 heteroatoms. The maximum Gasteiger partial charge on any atom is 0.255 e. The van der Waals surface area contributed by atoms with Crippen molar-refractivity contribution in [2.45, 2.75) is 23.6 Å². The van der Waals surface area contributed by atoms with Gasteiger partial charge in [0.05, 0.1) is 11.5 Å². The summed E-state index contributed by atoms with van der Waals surface area (Å²) >= 11 is 0. The van der Waals surface area contributed by atoms with E-state index in [-0.39, 0.29) is 34.3 Å². The van der Waals surface area contributed by atoms with E-state index in [1.54, 1.807) is 13.8 Å². The van der Waals surface area contributed by atoms with E-state index in [9.17, 15) is 21.6 Å². The molecule has 1 amide bonds. The van der Waals surface area contributed by atoms with E-state index in [1.165, 1.54) is 42.5 Å². The number of sulfonamides is 2. The number of nitrogens with two attached hydrogens (primary N) is 1. The predicted octanol–water partition coefficient (Wildman–Crippen LogP) is 1.28.